The van der Waals surface area contributed by atoms with Gasteiger partial charge in [0.2, 0.25) is 0 Å². The van der Waals surface area contributed by atoms with Crippen LogP contribution < -0.4 is 0 Å². The summed E-state index contributed by atoms with van der Waals surface area (Å²) in [7, 11) is -1.67. The van der Waals surface area contributed by atoms with Gasteiger partial charge in [-0.1, -0.05) is 20.8 Å². The molecule has 1 heterocycles. The third-order valence-corrected chi connectivity index (χ3v) is 8.33. The first kappa shape index (κ1) is 14.2. The molecule has 4 heteroatoms. The van der Waals surface area contributed by atoms with Crippen LogP contribution in [0.15, 0.2) is 0 Å². The highest BCUT2D eigenvalue weighted by Gasteiger charge is 2.40. The smallest absolute Gasteiger partial charge is 0.192 e. The molecule has 1 aliphatic heterocycles. The maximum atomic E-state index is 9.10. The van der Waals surface area contributed by atoms with E-state index in [-0.39, 0.29) is 23.9 Å². The predicted molar refractivity (Wildman–Crippen MR) is 68.1 cm³/mol. The zero-order valence-electron chi connectivity index (χ0n) is 11.2. The molecule has 0 bridgehead atoms. The highest BCUT2D eigenvalue weighted by Crippen LogP contribution is 2.38. The number of rotatable bonds is 3. The second-order valence-corrected chi connectivity index (χ2v) is 11.0. The van der Waals surface area contributed by atoms with Crippen molar-refractivity contribution in [1.82, 2.24) is 0 Å². The summed E-state index contributed by atoms with van der Waals surface area (Å²) in [6.07, 6.45) is 2.04. The standard InChI is InChI=1S/C12H26O3Si/c1-12(2,3)16(4,5)15-10-6-7-14-11(8-10)9-13/h10-11,13H,6-9H2,1-5H3. The number of hydrogen-bond donors (Lipinski definition) is 1. The molecule has 0 aromatic carbocycles. The van der Waals surface area contributed by atoms with Crippen molar-refractivity contribution in [3.8, 4) is 0 Å². The minimum Gasteiger partial charge on any atom is -0.414 e. The fourth-order valence-corrected chi connectivity index (χ4v) is 3.07. The summed E-state index contributed by atoms with van der Waals surface area (Å²) in [6, 6.07) is 0. The number of hydrogen-bond acceptors (Lipinski definition) is 3. The van der Waals surface area contributed by atoms with Gasteiger partial charge in [0.05, 0.1) is 12.7 Å². The van der Waals surface area contributed by atoms with Crippen LogP contribution in [0, 0.1) is 0 Å². The number of aliphatic hydroxyl groups is 1. The second-order valence-electron chi connectivity index (χ2n) is 6.20. The third kappa shape index (κ3) is 3.55. The van der Waals surface area contributed by atoms with Gasteiger partial charge in [0.15, 0.2) is 8.32 Å². The van der Waals surface area contributed by atoms with Crippen LogP contribution in [0.25, 0.3) is 0 Å². The van der Waals surface area contributed by atoms with E-state index in [9.17, 15) is 0 Å². The summed E-state index contributed by atoms with van der Waals surface area (Å²) in [6.45, 7) is 12.1. The van der Waals surface area contributed by atoms with Crippen LogP contribution in [0.3, 0.4) is 0 Å². The molecular formula is C12H26O3Si. The van der Waals surface area contributed by atoms with E-state index in [4.69, 9.17) is 14.3 Å². The lowest BCUT2D eigenvalue weighted by molar-refractivity contribution is -0.0604. The Morgan fingerprint density at radius 2 is 2.00 bits per heavy atom. The minimum atomic E-state index is -1.67. The molecule has 0 aromatic heterocycles. The van der Waals surface area contributed by atoms with E-state index in [1.807, 2.05) is 0 Å². The molecule has 0 aromatic rings. The van der Waals surface area contributed by atoms with Crippen LogP contribution in [-0.2, 0) is 9.16 Å². The van der Waals surface area contributed by atoms with Crippen molar-refractivity contribution in [1.29, 1.82) is 0 Å². The Labute approximate surface area is 100 Å². The van der Waals surface area contributed by atoms with E-state index >= 15 is 0 Å². The average molecular weight is 246 g/mol. The van der Waals surface area contributed by atoms with E-state index < -0.39 is 8.32 Å². The monoisotopic (exact) mass is 246 g/mol. The van der Waals surface area contributed by atoms with E-state index in [1.54, 1.807) is 0 Å². The minimum absolute atomic E-state index is 0.0245. The average Bonchev–Trinajstić information content (AvgIpc) is 2.15. The summed E-state index contributed by atoms with van der Waals surface area (Å²) >= 11 is 0. The zero-order valence-corrected chi connectivity index (χ0v) is 12.2. The Hall–Kier alpha value is 0.0969. The fourth-order valence-electron chi connectivity index (χ4n) is 1.67. The first-order chi connectivity index (χ1) is 7.26. The van der Waals surface area contributed by atoms with Crippen LogP contribution in [0.2, 0.25) is 18.1 Å². The van der Waals surface area contributed by atoms with Crippen molar-refractivity contribution >= 4 is 8.32 Å². The first-order valence-electron chi connectivity index (χ1n) is 6.16. The lowest BCUT2D eigenvalue weighted by Crippen LogP contribution is -2.46. The Bertz CT molecular complexity index is 223. The quantitative estimate of drug-likeness (QED) is 0.778. The molecule has 16 heavy (non-hydrogen) atoms. The summed E-state index contributed by atoms with van der Waals surface area (Å²) in [5, 5.41) is 9.35. The molecule has 1 saturated heterocycles. The molecule has 1 fully saturated rings. The molecule has 3 nitrogen and oxygen atoms in total. The predicted octanol–water partition coefficient (Wildman–Crippen LogP) is 2.55. The Morgan fingerprint density at radius 1 is 1.38 bits per heavy atom. The van der Waals surface area contributed by atoms with Gasteiger partial charge in [0.1, 0.15) is 0 Å². The van der Waals surface area contributed by atoms with Gasteiger partial charge in [0, 0.05) is 19.1 Å². The second kappa shape index (κ2) is 5.17. The molecule has 2 atom stereocenters. The molecule has 1 rings (SSSR count). The molecule has 0 aliphatic carbocycles. The van der Waals surface area contributed by atoms with E-state index in [0.717, 1.165) is 12.8 Å². The van der Waals surface area contributed by atoms with Crippen molar-refractivity contribution in [2.24, 2.45) is 0 Å². The van der Waals surface area contributed by atoms with Crippen molar-refractivity contribution in [2.45, 2.75) is 64.0 Å². The molecule has 1 N–H and O–H groups in total. The highest BCUT2D eigenvalue weighted by molar-refractivity contribution is 6.74. The molecule has 2 unspecified atom stereocenters. The van der Waals surface area contributed by atoms with Crippen molar-refractivity contribution in [2.75, 3.05) is 13.2 Å². The highest BCUT2D eigenvalue weighted by atomic mass is 28.4. The molecule has 0 spiro atoms. The summed E-state index contributed by atoms with van der Waals surface area (Å²) < 4.78 is 11.8. The maximum absolute atomic E-state index is 9.10. The van der Waals surface area contributed by atoms with Gasteiger partial charge in [-0.2, -0.15) is 0 Å². The van der Waals surface area contributed by atoms with Gasteiger partial charge in [-0.15, -0.1) is 0 Å². The molecule has 0 radical (unpaired) electrons. The van der Waals surface area contributed by atoms with Gasteiger partial charge < -0.3 is 14.3 Å². The number of aliphatic hydroxyl groups excluding tert-OH is 1. The lowest BCUT2D eigenvalue weighted by Gasteiger charge is -2.41. The molecular weight excluding hydrogens is 220 g/mol. The third-order valence-electron chi connectivity index (χ3n) is 3.79. The summed E-state index contributed by atoms with van der Waals surface area (Å²) in [5.41, 5.74) is 0. The summed E-state index contributed by atoms with van der Waals surface area (Å²) in [4.78, 5) is 0. The Morgan fingerprint density at radius 3 is 2.50 bits per heavy atom. The van der Waals surface area contributed by atoms with E-state index in [0.29, 0.717) is 6.61 Å². The van der Waals surface area contributed by atoms with Crippen molar-refractivity contribution in [3.63, 3.8) is 0 Å². The van der Waals surface area contributed by atoms with Gasteiger partial charge >= 0.3 is 0 Å². The van der Waals surface area contributed by atoms with Crippen LogP contribution in [0.1, 0.15) is 33.6 Å². The maximum Gasteiger partial charge on any atom is 0.192 e. The van der Waals surface area contributed by atoms with Crippen LogP contribution in [0.4, 0.5) is 0 Å². The SMILES string of the molecule is CC(C)(C)[Si](C)(C)OC1CCOC(CO)C1. The molecule has 1 aliphatic rings. The number of ether oxygens (including phenoxy) is 1. The van der Waals surface area contributed by atoms with E-state index in [1.165, 1.54) is 0 Å². The largest absolute Gasteiger partial charge is 0.414 e. The molecule has 0 amide bonds. The Balaban J connectivity index is 2.53. The zero-order chi connectivity index (χ0) is 12.4. The molecule has 96 valence electrons. The van der Waals surface area contributed by atoms with Crippen LogP contribution >= 0.6 is 0 Å². The summed E-state index contributed by atoms with van der Waals surface area (Å²) in [5.74, 6) is 0. The van der Waals surface area contributed by atoms with Crippen molar-refractivity contribution in [3.05, 3.63) is 0 Å². The van der Waals surface area contributed by atoms with Crippen molar-refractivity contribution < 1.29 is 14.3 Å². The Kier molecular flexibility index (Phi) is 4.57. The van der Waals surface area contributed by atoms with Gasteiger partial charge in [-0.3, -0.25) is 0 Å². The van der Waals surface area contributed by atoms with Gasteiger partial charge in [0.25, 0.3) is 0 Å². The topological polar surface area (TPSA) is 38.7 Å². The fraction of sp³-hybridized carbons (Fsp3) is 1.00. The lowest BCUT2D eigenvalue weighted by atomic mass is 10.1. The van der Waals surface area contributed by atoms with E-state index in [2.05, 4.69) is 33.9 Å². The van der Waals surface area contributed by atoms with Gasteiger partial charge in [-0.05, 0) is 24.6 Å². The van der Waals surface area contributed by atoms with Crippen LogP contribution in [-0.4, -0.2) is 38.8 Å². The first-order valence-corrected chi connectivity index (χ1v) is 9.07. The van der Waals surface area contributed by atoms with Gasteiger partial charge in [-0.25, -0.2) is 0 Å². The normalized spacial score (nSPS) is 28.1. The molecule has 0 saturated carbocycles. The van der Waals surface area contributed by atoms with Crippen LogP contribution in [0.5, 0.6) is 0 Å².